The number of fused-ring (bicyclic) bond motifs is 7. The first kappa shape index (κ1) is 32.1. The van der Waals surface area contributed by atoms with Gasteiger partial charge in [-0.3, -0.25) is 9.59 Å². The Kier molecular flexibility index (Phi) is 7.31. The lowest BCUT2D eigenvalue weighted by Crippen LogP contribution is -2.24. The highest BCUT2D eigenvalue weighted by atomic mass is 16.1. The molecule has 3 aliphatic rings. The highest BCUT2D eigenvalue weighted by molar-refractivity contribution is 6.16. The molecule has 0 bridgehead atoms. The molecule has 0 radical (unpaired) electrons. The maximum Gasteiger partial charge on any atom is 0.193 e. The van der Waals surface area contributed by atoms with Crippen molar-refractivity contribution in [3.05, 3.63) is 196 Å². The van der Waals surface area contributed by atoms with Crippen molar-refractivity contribution in [3.8, 4) is 33.4 Å². The quantitative estimate of drug-likeness (QED) is 0.165. The maximum absolute atomic E-state index is 14.3. The Morgan fingerprint density at radius 3 is 1.60 bits per heavy atom. The average molecular weight is 673 g/mol. The Bertz CT molecular complexity index is 2530. The minimum absolute atomic E-state index is 0.0301. The first-order valence-corrected chi connectivity index (χ1v) is 18.3. The number of ketones is 2. The monoisotopic (exact) mass is 672 g/mol. The fourth-order valence-corrected chi connectivity index (χ4v) is 9.17. The van der Waals surface area contributed by atoms with Crippen LogP contribution in [-0.4, -0.2) is 11.6 Å². The van der Waals surface area contributed by atoms with Crippen LogP contribution in [-0.2, 0) is 10.8 Å². The topological polar surface area (TPSA) is 34.1 Å². The van der Waals surface area contributed by atoms with Gasteiger partial charge in [0.25, 0.3) is 0 Å². The van der Waals surface area contributed by atoms with Crippen molar-refractivity contribution in [1.82, 2.24) is 0 Å². The van der Waals surface area contributed by atoms with Gasteiger partial charge >= 0.3 is 0 Å². The lowest BCUT2D eigenvalue weighted by molar-refractivity contribution is 0.103. The molecule has 0 aromatic heterocycles. The average Bonchev–Trinajstić information content (AvgIpc) is 3.56. The summed E-state index contributed by atoms with van der Waals surface area (Å²) in [5.74, 6) is 0.107. The predicted molar refractivity (Wildman–Crippen MR) is 213 cm³/mol. The summed E-state index contributed by atoms with van der Waals surface area (Å²) < 4.78 is 0. The number of carbonyl (C=O) groups is 2. The summed E-state index contributed by atoms with van der Waals surface area (Å²) in [6, 6.07) is 45.5. The Morgan fingerprint density at radius 1 is 0.500 bits per heavy atom. The van der Waals surface area contributed by atoms with Crippen molar-refractivity contribution in [2.24, 2.45) is 0 Å². The van der Waals surface area contributed by atoms with Gasteiger partial charge in [0.1, 0.15) is 0 Å². The van der Waals surface area contributed by atoms with Gasteiger partial charge < -0.3 is 0 Å². The van der Waals surface area contributed by atoms with E-state index in [2.05, 4.69) is 94.4 Å². The number of hydrogen-bond acceptors (Lipinski definition) is 2. The summed E-state index contributed by atoms with van der Waals surface area (Å²) in [7, 11) is 0. The van der Waals surface area contributed by atoms with E-state index in [1.807, 2.05) is 78.9 Å². The Balaban J connectivity index is 1.10. The van der Waals surface area contributed by atoms with Crippen LogP contribution in [0, 0.1) is 0 Å². The summed E-state index contributed by atoms with van der Waals surface area (Å²) in [6.07, 6.45) is 5.94. The zero-order valence-corrected chi connectivity index (χ0v) is 30.1. The van der Waals surface area contributed by atoms with Crippen LogP contribution in [0.3, 0.4) is 0 Å². The van der Waals surface area contributed by atoms with Gasteiger partial charge in [0, 0.05) is 33.1 Å². The normalized spacial score (nSPS) is 15.8. The molecule has 0 fully saturated rings. The van der Waals surface area contributed by atoms with Gasteiger partial charge in [-0.1, -0.05) is 161 Å². The second-order valence-corrected chi connectivity index (χ2v) is 15.5. The SMILES string of the molecule is CC1(C)c2cc(C(=O)C3=C(c4ccccc4)CCC=C3)ccc2-c2ccc3c(c21)C(C)(C)c1cc(C(=O)c2ccccc2-c2ccccc2)ccc1-3. The molecule has 0 amide bonds. The second-order valence-electron chi connectivity index (χ2n) is 15.5. The van der Waals surface area contributed by atoms with E-state index in [1.165, 1.54) is 44.5 Å². The van der Waals surface area contributed by atoms with Crippen LogP contribution >= 0.6 is 0 Å². The van der Waals surface area contributed by atoms with Gasteiger partial charge in [0.05, 0.1) is 0 Å². The van der Waals surface area contributed by atoms with Crippen molar-refractivity contribution in [2.75, 3.05) is 0 Å². The third-order valence-electron chi connectivity index (χ3n) is 11.7. The molecule has 6 aromatic rings. The first-order chi connectivity index (χ1) is 25.2. The molecule has 0 atom stereocenters. The summed E-state index contributed by atoms with van der Waals surface area (Å²) in [5.41, 5.74) is 16.3. The summed E-state index contributed by atoms with van der Waals surface area (Å²) in [4.78, 5) is 28.5. The molecule has 3 aliphatic carbocycles. The maximum atomic E-state index is 14.3. The van der Waals surface area contributed by atoms with E-state index in [0.29, 0.717) is 11.1 Å². The van der Waals surface area contributed by atoms with Crippen LogP contribution in [0.1, 0.15) is 94.6 Å². The van der Waals surface area contributed by atoms with Gasteiger partial charge in [0.15, 0.2) is 11.6 Å². The van der Waals surface area contributed by atoms with Crippen LogP contribution in [0.25, 0.3) is 39.0 Å². The molecular formula is C50H40O2. The lowest BCUT2D eigenvalue weighted by atomic mass is 9.72. The van der Waals surface area contributed by atoms with Crippen molar-refractivity contribution in [2.45, 2.75) is 51.4 Å². The Labute approximate surface area is 306 Å². The largest absolute Gasteiger partial charge is 0.289 e. The molecule has 9 rings (SSSR count). The van der Waals surface area contributed by atoms with E-state index in [0.717, 1.165) is 46.2 Å². The first-order valence-electron chi connectivity index (χ1n) is 18.3. The number of Topliss-reactive ketones (excluding diaryl/α,β-unsaturated/α-hetero) is 1. The van der Waals surface area contributed by atoms with Gasteiger partial charge in [-0.2, -0.15) is 0 Å². The molecule has 52 heavy (non-hydrogen) atoms. The van der Waals surface area contributed by atoms with Gasteiger partial charge in [-0.15, -0.1) is 0 Å². The van der Waals surface area contributed by atoms with Crippen LogP contribution in [0.4, 0.5) is 0 Å². The molecule has 0 spiro atoms. The molecule has 252 valence electrons. The molecule has 0 unspecified atom stereocenters. The molecule has 2 nitrogen and oxygen atoms in total. The third kappa shape index (κ3) is 4.78. The third-order valence-corrected chi connectivity index (χ3v) is 11.7. The van der Waals surface area contributed by atoms with E-state index >= 15 is 0 Å². The molecular weight excluding hydrogens is 633 g/mol. The molecule has 0 N–H and O–H groups in total. The molecule has 0 aliphatic heterocycles. The number of allylic oxidation sites excluding steroid dienone is 4. The standard InChI is InChI=1S/C50H40O2/c1-49(2)43-29-33(47(51)41-21-13-11-19-35(41)31-15-7-5-8-16-31)23-25-37(43)39-27-28-40-38-26-24-34(30-44(38)50(3,4)46(40)45(39)49)48(52)42-22-14-12-20-36(42)32-17-9-6-10-18-32/h5-11,13-19,21-30H,12,20H2,1-4H3. The molecule has 2 heteroatoms. The van der Waals surface area contributed by atoms with Crippen LogP contribution < -0.4 is 0 Å². The van der Waals surface area contributed by atoms with Crippen molar-refractivity contribution >= 4 is 17.1 Å². The molecule has 0 saturated carbocycles. The Hall–Kier alpha value is -5.86. The van der Waals surface area contributed by atoms with E-state index in [9.17, 15) is 9.59 Å². The van der Waals surface area contributed by atoms with E-state index in [-0.39, 0.29) is 22.4 Å². The number of rotatable bonds is 6. The van der Waals surface area contributed by atoms with Crippen LogP contribution in [0.2, 0.25) is 0 Å². The lowest BCUT2D eigenvalue weighted by Gasteiger charge is -2.31. The van der Waals surface area contributed by atoms with Crippen LogP contribution in [0.15, 0.2) is 151 Å². The fourth-order valence-electron chi connectivity index (χ4n) is 9.17. The fraction of sp³-hybridized carbons (Fsp3) is 0.160. The van der Waals surface area contributed by atoms with E-state index < -0.39 is 0 Å². The van der Waals surface area contributed by atoms with E-state index in [1.54, 1.807) is 0 Å². The van der Waals surface area contributed by atoms with Crippen molar-refractivity contribution in [1.29, 1.82) is 0 Å². The van der Waals surface area contributed by atoms with Crippen molar-refractivity contribution in [3.63, 3.8) is 0 Å². The summed E-state index contributed by atoms with van der Waals surface area (Å²) >= 11 is 0. The van der Waals surface area contributed by atoms with E-state index in [4.69, 9.17) is 0 Å². The van der Waals surface area contributed by atoms with Crippen LogP contribution in [0.5, 0.6) is 0 Å². The van der Waals surface area contributed by atoms with Gasteiger partial charge in [-0.05, 0) is 91.7 Å². The van der Waals surface area contributed by atoms with Gasteiger partial charge in [0.2, 0.25) is 0 Å². The minimum Gasteiger partial charge on any atom is -0.289 e. The second kappa shape index (κ2) is 11.9. The zero-order valence-electron chi connectivity index (χ0n) is 30.1. The molecule has 6 aromatic carbocycles. The molecule has 0 heterocycles. The van der Waals surface area contributed by atoms with Crippen molar-refractivity contribution < 1.29 is 9.59 Å². The summed E-state index contributed by atoms with van der Waals surface area (Å²) in [6.45, 7) is 9.20. The summed E-state index contributed by atoms with van der Waals surface area (Å²) in [5, 5.41) is 0. The highest BCUT2D eigenvalue weighted by Gasteiger charge is 2.46. The highest BCUT2D eigenvalue weighted by Crippen LogP contribution is 2.59. The van der Waals surface area contributed by atoms with Gasteiger partial charge in [-0.25, -0.2) is 0 Å². The zero-order chi connectivity index (χ0) is 35.8. The number of carbonyl (C=O) groups excluding carboxylic acids is 2. The molecule has 0 saturated heterocycles. The predicted octanol–water partition coefficient (Wildman–Crippen LogP) is 12.2. The Morgan fingerprint density at radius 2 is 1.00 bits per heavy atom. The number of benzene rings is 6. The smallest absolute Gasteiger partial charge is 0.193 e. The minimum atomic E-state index is -0.342. The number of hydrogen-bond donors (Lipinski definition) is 0.